The van der Waals surface area contributed by atoms with Crippen molar-refractivity contribution in [2.24, 2.45) is 10.7 Å². The number of benzene rings is 1. The number of nitrogens with one attached hydrogen (secondary N) is 1. The molecule has 1 aromatic rings. The van der Waals surface area contributed by atoms with Gasteiger partial charge in [0.05, 0.1) is 6.10 Å². The van der Waals surface area contributed by atoms with Crippen molar-refractivity contribution in [1.29, 1.82) is 0 Å². The number of nitrogens with two attached hydrogens (primary N) is 1. The lowest BCUT2D eigenvalue weighted by Gasteiger charge is -2.21. The Balaban J connectivity index is 0.00000180. The van der Waals surface area contributed by atoms with E-state index in [2.05, 4.69) is 10.3 Å². The summed E-state index contributed by atoms with van der Waals surface area (Å²) in [7, 11) is 0. The Morgan fingerprint density at radius 2 is 2.11 bits per heavy atom. The zero-order chi connectivity index (χ0) is 12.6. The average molecular weight is 375 g/mol. The number of rotatable bonds is 4. The van der Waals surface area contributed by atoms with Gasteiger partial charge in [0.25, 0.3) is 0 Å². The summed E-state index contributed by atoms with van der Waals surface area (Å²) in [6.45, 7) is 1.61. The van der Waals surface area contributed by atoms with Crippen molar-refractivity contribution in [1.82, 2.24) is 0 Å². The highest BCUT2D eigenvalue weighted by Gasteiger charge is 2.12. The van der Waals surface area contributed by atoms with Crippen molar-refractivity contribution in [2.45, 2.75) is 31.8 Å². The van der Waals surface area contributed by atoms with Gasteiger partial charge in [0.15, 0.2) is 5.96 Å². The molecule has 1 unspecified atom stereocenters. The summed E-state index contributed by atoms with van der Waals surface area (Å²) in [5.74, 6) is 0.469. The predicted molar refractivity (Wildman–Crippen MR) is 90.2 cm³/mol. The van der Waals surface area contributed by atoms with Crippen LogP contribution in [0.25, 0.3) is 0 Å². The molecule has 0 saturated carbocycles. The van der Waals surface area contributed by atoms with E-state index in [4.69, 9.17) is 10.5 Å². The summed E-state index contributed by atoms with van der Waals surface area (Å²) >= 11 is 0. The molecule has 1 aliphatic heterocycles. The average Bonchev–Trinajstić information content (AvgIpc) is 2.41. The number of aliphatic imine (C=N–C) groups is 1. The molecule has 0 amide bonds. The number of nitrogens with zero attached hydrogens (tertiary/aromatic N) is 1. The highest BCUT2D eigenvalue weighted by molar-refractivity contribution is 14.0. The van der Waals surface area contributed by atoms with E-state index < -0.39 is 0 Å². The lowest BCUT2D eigenvalue weighted by atomic mass is 10.1. The fraction of sp³-hybridized carbons (Fsp3) is 0.500. The van der Waals surface area contributed by atoms with Gasteiger partial charge in [0.2, 0.25) is 0 Å². The quantitative estimate of drug-likeness (QED) is 0.483. The molecule has 0 aliphatic carbocycles. The van der Waals surface area contributed by atoms with Crippen molar-refractivity contribution < 1.29 is 4.74 Å². The van der Waals surface area contributed by atoms with E-state index in [1.807, 2.05) is 30.3 Å². The van der Waals surface area contributed by atoms with Gasteiger partial charge in [-0.15, -0.1) is 24.0 Å². The first kappa shape index (κ1) is 16.2. The highest BCUT2D eigenvalue weighted by atomic mass is 127. The van der Waals surface area contributed by atoms with Crippen LogP contribution in [0.5, 0.6) is 0 Å². The lowest BCUT2D eigenvalue weighted by Crippen LogP contribution is -2.24. The Hall–Kier alpha value is -0.820. The molecule has 4 nitrogen and oxygen atoms in total. The molecule has 106 valence electrons. The Morgan fingerprint density at radius 3 is 2.79 bits per heavy atom. The summed E-state index contributed by atoms with van der Waals surface area (Å²) in [4.78, 5) is 4.32. The standard InChI is InChI=1S/C14H21N3O.HI/c15-14(17-12-6-2-1-3-7-12)16-10-9-13-8-4-5-11-18-13;/h1-3,6-7,13H,4-5,8-11H2,(H3,15,16,17);1H. The molecule has 0 bridgehead atoms. The third kappa shape index (κ3) is 6.24. The smallest absolute Gasteiger partial charge is 0.193 e. The van der Waals surface area contributed by atoms with Crippen LogP contribution < -0.4 is 11.1 Å². The van der Waals surface area contributed by atoms with E-state index in [0.29, 0.717) is 12.1 Å². The summed E-state index contributed by atoms with van der Waals surface area (Å²) in [5.41, 5.74) is 6.78. The first-order valence-corrected chi connectivity index (χ1v) is 6.58. The number of anilines is 1. The predicted octanol–water partition coefficient (Wildman–Crippen LogP) is 2.99. The van der Waals surface area contributed by atoms with Crippen LogP contribution in [0, 0.1) is 0 Å². The molecule has 1 aromatic carbocycles. The third-order valence-corrected chi connectivity index (χ3v) is 3.05. The molecule has 3 N–H and O–H groups in total. The Kier molecular flexibility index (Phi) is 7.81. The minimum Gasteiger partial charge on any atom is -0.378 e. The SMILES string of the molecule is I.NC(=NCCC1CCCCO1)Nc1ccccc1. The van der Waals surface area contributed by atoms with E-state index >= 15 is 0 Å². The zero-order valence-electron chi connectivity index (χ0n) is 11.0. The van der Waals surface area contributed by atoms with Crippen molar-refractivity contribution in [3.63, 3.8) is 0 Å². The summed E-state index contributed by atoms with van der Waals surface area (Å²) in [6, 6.07) is 9.83. The Morgan fingerprint density at radius 1 is 1.32 bits per heavy atom. The van der Waals surface area contributed by atoms with E-state index in [1.165, 1.54) is 12.8 Å². The number of hydrogen-bond acceptors (Lipinski definition) is 2. The van der Waals surface area contributed by atoms with Crippen LogP contribution in [0.15, 0.2) is 35.3 Å². The molecule has 0 radical (unpaired) electrons. The van der Waals surface area contributed by atoms with Crippen LogP contribution in [-0.2, 0) is 4.74 Å². The molecular weight excluding hydrogens is 353 g/mol. The van der Waals surface area contributed by atoms with Crippen molar-refractivity contribution >= 4 is 35.6 Å². The van der Waals surface area contributed by atoms with Gasteiger partial charge in [-0.25, -0.2) is 0 Å². The first-order chi connectivity index (χ1) is 8.84. The molecule has 1 aliphatic rings. The van der Waals surface area contributed by atoms with Crippen LogP contribution in [0.1, 0.15) is 25.7 Å². The van der Waals surface area contributed by atoms with Crippen LogP contribution in [-0.4, -0.2) is 25.2 Å². The van der Waals surface area contributed by atoms with Crippen LogP contribution in [0.4, 0.5) is 5.69 Å². The fourth-order valence-corrected chi connectivity index (χ4v) is 2.07. The number of guanidine groups is 1. The van der Waals surface area contributed by atoms with Crippen molar-refractivity contribution in [3.8, 4) is 0 Å². The molecule has 0 aromatic heterocycles. The van der Waals surface area contributed by atoms with Gasteiger partial charge in [0, 0.05) is 18.8 Å². The summed E-state index contributed by atoms with van der Waals surface area (Å²) < 4.78 is 5.65. The second-order valence-electron chi connectivity index (χ2n) is 4.54. The van der Waals surface area contributed by atoms with Crippen LogP contribution in [0.2, 0.25) is 0 Å². The second-order valence-corrected chi connectivity index (χ2v) is 4.54. The largest absolute Gasteiger partial charge is 0.378 e. The maximum Gasteiger partial charge on any atom is 0.193 e. The topological polar surface area (TPSA) is 59.6 Å². The monoisotopic (exact) mass is 375 g/mol. The minimum atomic E-state index is 0. The number of para-hydroxylation sites is 1. The highest BCUT2D eigenvalue weighted by Crippen LogP contribution is 2.15. The molecule has 0 spiro atoms. The maximum absolute atomic E-state index is 5.82. The van der Waals surface area contributed by atoms with Crippen LogP contribution >= 0.6 is 24.0 Å². The minimum absolute atomic E-state index is 0. The lowest BCUT2D eigenvalue weighted by molar-refractivity contribution is 0.0129. The van der Waals surface area contributed by atoms with E-state index in [1.54, 1.807) is 0 Å². The molecule has 1 heterocycles. The maximum atomic E-state index is 5.82. The van der Waals surface area contributed by atoms with Gasteiger partial charge in [-0.05, 0) is 37.8 Å². The third-order valence-electron chi connectivity index (χ3n) is 3.05. The molecule has 1 atom stereocenters. The Labute approximate surface area is 131 Å². The van der Waals surface area contributed by atoms with Gasteiger partial charge in [-0.1, -0.05) is 18.2 Å². The van der Waals surface area contributed by atoms with Gasteiger partial charge in [-0.3, -0.25) is 4.99 Å². The molecule has 5 heteroatoms. The van der Waals surface area contributed by atoms with E-state index in [0.717, 1.165) is 31.7 Å². The Bertz CT molecular complexity index is 378. The fourth-order valence-electron chi connectivity index (χ4n) is 2.07. The van der Waals surface area contributed by atoms with Gasteiger partial charge in [-0.2, -0.15) is 0 Å². The summed E-state index contributed by atoms with van der Waals surface area (Å²) in [6.07, 6.45) is 4.94. The second kappa shape index (κ2) is 9.14. The molecular formula is C14H22IN3O. The molecule has 1 saturated heterocycles. The van der Waals surface area contributed by atoms with Crippen molar-refractivity contribution in [2.75, 3.05) is 18.5 Å². The van der Waals surface area contributed by atoms with Gasteiger partial charge in [0.1, 0.15) is 0 Å². The molecule has 2 rings (SSSR count). The molecule has 1 fully saturated rings. The normalized spacial score (nSPS) is 19.6. The molecule has 19 heavy (non-hydrogen) atoms. The van der Waals surface area contributed by atoms with E-state index in [9.17, 15) is 0 Å². The zero-order valence-corrected chi connectivity index (χ0v) is 13.4. The summed E-state index contributed by atoms with van der Waals surface area (Å²) in [5, 5.41) is 3.07. The van der Waals surface area contributed by atoms with Crippen molar-refractivity contribution in [3.05, 3.63) is 30.3 Å². The first-order valence-electron chi connectivity index (χ1n) is 6.58. The van der Waals surface area contributed by atoms with Crippen LogP contribution in [0.3, 0.4) is 0 Å². The van der Waals surface area contributed by atoms with Gasteiger partial charge >= 0.3 is 0 Å². The van der Waals surface area contributed by atoms with E-state index in [-0.39, 0.29) is 24.0 Å². The number of halogens is 1. The number of hydrogen-bond donors (Lipinski definition) is 2. The number of ether oxygens (including phenoxy) is 1. The van der Waals surface area contributed by atoms with Gasteiger partial charge < -0.3 is 15.8 Å².